The van der Waals surface area contributed by atoms with Crippen molar-refractivity contribution in [3.63, 3.8) is 0 Å². The first-order valence-corrected chi connectivity index (χ1v) is 4.79. The minimum atomic E-state index is -0.327. The van der Waals surface area contributed by atoms with Crippen molar-refractivity contribution in [2.45, 2.75) is 64.8 Å². The molecule has 4 N–H and O–H groups in total. The Morgan fingerprint density at radius 3 is 1.69 bits per heavy atom. The van der Waals surface area contributed by atoms with Crippen molar-refractivity contribution < 1.29 is 4.74 Å². The Morgan fingerprint density at radius 1 is 1.08 bits per heavy atom. The number of nitrogens with two attached hydrogens (primary N) is 2. The van der Waals surface area contributed by atoms with Crippen LogP contribution < -0.4 is 11.5 Å². The summed E-state index contributed by atoms with van der Waals surface area (Å²) in [7, 11) is 0. The molecule has 0 saturated carbocycles. The standard InChI is InChI=1S/C10H24N2O/c1-7(11)10(5,6)13-8(2)9(3,4)12/h7-8H,11-12H2,1-6H3. The molecule has 0 aliphatic carbocycles. The van der Waals surface area contributed by atoms with E-state index in [0.717, 1.165) is 0 Å². The van der Waals surface area contributed by atoms with Gasteiger partial charge in [-0.3, -0.25) is 0 Å². The van der Waals surface area contributed by atoms with Crippen LogP contribution in [0.2, 0.25) is 0 Å². The summed E-state index contributed by atoms with van der Waals surface area (Å²) in [5, 5.41) is 0. The van der Waals surface area contributed by atoms with E-state index >= 15 is 0 Å². The zero-order valence-electron chi connectivity index (χ0n) is 9.72. The van der Waals surface area contributed by atoms with Crippen LogP contribution >= 0.6 is 0 Å². The van der Waals surface area contributed by atoms with E-state index in [0.29, 0.717) is 0 Å². The SMILES string of the molecule is CC(OC(C)(C)C(C)N)C(C)(C)N. The monoisotopic (exact) mass is 188 g/mol. The van der Waals surface area contributed by atoms with Crippen molar-refractivity contribution in [3.8, 4) is 0 Å². The summed E-state index contributed by atoms with van der Waals surface area (Å²) in [6, 6.07) is -0.00250. The Balaban J connectivity index is 4.28. The summed E-state index contributed by atoms with van der Waals surface area (Å²) in [5.74, 6) is 0. The Kier molecular flexibility index (Phi) is 3.91. The zero-order valence-corrected chi connectivity index (χ0v) is 9.72. The van der Waals surface area contributed by atoms with Gasteiger partial charge in [-0.25, -0.2) is 0 Å². The number of ether oxygens (including phenoxy) is 1. The molecule has 0 aliphatic rings. The third kappa shape index (κ3) is 4.07. The van der Waals surface area contributed by atoms with Crippen LogP contribution in [0.4, 0.5) is 0 Å². The summed E-state index contributed by atoms with van der Waals surface area (Å²) in [6.07, 6.45) is -0.00602. The van der Waals surface area contributed by atoms with E-state index in [1.807, 2.05) is 41.5 Å². The molecule has 2 atom stereocenters. The van der Waals surface area contributed by atoms with Gasteiger partial charge in [0.25, 0.3) is 0 Å². The quantitative estimate of drug-likeness (QED) is 0.698. The number of hydrogen-bond acceptors (Lipinski definition) is 3. The number of rotatable bonds is 4. The van der Waals surface area contributed by atoms with E-state index < -0.39 is 0 Å². The summed E-state index contributed by atoms with van der Waals surface area (Å²) < 4.78 is 5.81. The lowest BCUT2D eigenvalue weighted by Crippen LogP contribution is -2.52. The molecule has 0 aromatic carbocycles. The number of hydrogen-bond donors (Lipinski definition) is 2. The summed E-state index contributed by atoms with van der Waals surface area (Å²) in [5.41, 5.74) is 11.1. The van der Waals surface area contributed by atoms with E-state index in [4.69, 9.17) is 16.2 Å². The molecule has 0 bridgehead atoms. The van der Waals surface area contributed by atoms with Gasteiger partial charge < -0.3 is 16.2 Å². The maximum absolute atomic E-state index is 5.92. The van der Waals surface area contributed by atoms with Gasteiger partial charge in [-0.05, 0) is 41.5 Å². The molecule has 0 spiro atoms. The molecule has 3 nitrogen and oxygen atoms in total. The van der Waals surface area contributed by atoms with Gasteiger partial charge in [0.2, 0.25) is 0 Å². The van der Waals surface area contributed by atoms with Crippen LogP contribution in [0.3, 0.4) is 0 Å². The largest absolute Gasteiger partial charge is 0.369 e. The molecule has 0 aliphatic heterocycles. The second-order valence-electron chi connectivity index (χ2n) is 4.97. The van der Waals surface area contributed by atoms with Gasteiger partial charge in [0, 0.05) is 11.6 Å². The van der Waals surface area contributed by atoms with Crippen LogP contribution in [0.25, 0.3) is 0 Å². The molecule has 0 saturated heterocycles. The van der Waals surface area contributed by atoms with Crippen LogP contribution in [0.15, 0.2) is 0 Å². The third-order valence-corrected chi connectivity index (χ3v) is 2.62. The topological polar surface area (TPSA) is 61.3 Å². The van der Waals surface area contributed by atoms with Crippen molar-refractivity contribution in [1.82, 2.24) is 0 Å². The third-order valence-electron chi connectivity index (χ3n) is 2.62. The van der Waals surface area contributed by atoms with Gasteiger partial charge in [-0.15, -0.1) is 0 Å². The molecule has 0 amide bonds. The highest BCUT2D eigenvalue weighted by Gasteiger charge is 2.31. The van der Waals surface area contributed by atoms with Crippen LogP contribution in [0.5, 0.6) is 0 Å². The molecule has 3 heteroatoms. The summed E-state index contributed by atoms with van der Waals surface area (Å²) in [4.78, 5) is 0. The van der Waals surface area contributed by atoms with Gasteiger partial charge >= 0.3 is 0 Å². The molecular weight excluding hydrogens is 164 g/mol. The molecule has 0 rings (SSSR count). The van der Waals surface area contributed by atoms with E-state index in [1.165, 1.54) is 0 Å². The summed E-state index contributed by atoms with van der Waals surface area (Å²) in [6.45, 7) is 11.8. The van der Waals surface area contributed by atoms with Gasteiger partial charge in [0.05, 0.1) is 11.7 Å². The molecule has 0 radical (unpaired) electrons. The lowest BCUT2D eigenvalue weighted by Gasteiger charge is -2.37. The van der Waals surface area contributed by atoms with Gasteiger partial charge in [0.15, 0.2) is 0 Å². The first-order valence-electron chi connectivity index (χ1n) is 4.79. The van der Waals surface area contributed by atoms with E-state index in [9.17, 15) is 0 Å². The summed E-state index contributed by atoms with van der Waals surface area (Å²) >= 11 is 0. The maximum Gasteiger partial charge on any atom is 0.0778 e. The van der Waals surface area contributed by atoms with Crippen LogP contribution in [0.1, 0.15) is 41.5 Å². The fraction of sp³-hybridized carbons (Fsp3) is 1.00. The predicted molar refractivity (Wildman–Crippen MR) is 56.5 cm³/mol. The van der Waals surface area contributed by atoms with E-state index in [-0.39, 0.29) is 23.3 Å². The molecule has 80 valence electrons. The Morgan fingerprint density at radius 2 is 1.46 bits per heavy atom. The molecule has 13 heavy (non-hydrogen) atoms. The minimum Gasteiger partial charge on any atom is -0.369 e. The van der Waals surface area contributed by atoms with E-state index in [2.05, 4.69) is 0 Å². The molecular formula is C10H24N2O. The van der Waals surface area contributed by atoms with Crippen molar-refractivity contribution in [2.75, 3.05) is 0 Å². The average Bonchev–Trinajstić information content (AvgIpc) is 1.83. The fourth-order valence-corrected chi connectivity index (χ4v) is 0.715. The van der Waals surface area contributed by atoms with Gasteiger partial charge in [-0.1, -0.05) is 0 Å². The van der Waals surface area contributed by atoms with Crippen LogP contribution in [-0.2, 0) is 4.74 Å². The highest BCUT2D eigenvalue weighted by atomic mass is 16.5. The van der Waals surface area contributed by atoms with Crippen LogP contribution in [0, 0.1) is 0 Å². The van der Waals surface area contributed by atoms with Gasteiger partial charge in [-0.2, -0.15) is 0 Å². The smallest absolute Gasteiger partial charge is 0.0778 e. The van der Waals surface area contributed by atoms with Gasteiger partial charge in [0.1, 0.15) is 0 Å². The molecule has 0 fully saturated rings. The van der Waals surface area contributed by atoms with E-state index in [1.54, 1.807) is 0 Å². The normalized spacial score (nSPS) is 18.5. The second kappa shape index (κ2) is 3.95. The van der Waals surface area contributed by atoms with Crippen molar-refractivity contribution in [2.24, 2.45) is 11.5 Å². The molecule has 0 aromatic rings. The fourth-order valence-electron chi connectivity index (χ4n) is 0.715. The first-order chi connectivity index (χ1) is 5.57. The maximum atomic E-state index is 5.92. The predicted octanol–water partition coefficient (Wildman–Crippen LogP) is 1.25. The Bertz CT molecular complexity index is 159. The lowest BCUT2D eigenvalue weighted by atomic mass is 9.96. The minimum absolute atomic E-state index is 0.00250. The highest BCUT2D eigenvalue weighted by Crippen LogP contribution is 2.20. The lowest BCUT2D eigenvalue weighted by molar-refractivity contribution is -0.0975. The second-order valence-corrected chi connectivity index (χ2v) is 4.97. The molecule has 0 aromatic heterocycles. The van der Waals surface area contributed by atoms with Crippen molar-refractivity contribution >= 4 is 0 Å². The zero-order chi connectivity index (χ0) is 10.9. The average molecular weight is 188 g/mol. The van der Waals surface area contributed by atoms with Crippen molar-refractivity contribution in [1.29, 1.82) is 0 Å². The van der Waals surface area contributed by atoms with Crippen LogP contribution in [-0.4, -0.2) is 23.3 Å². The van der Waals surface area contributed by atoms with Crippen molar-refractivity contribution in [3.05, 3.63) is 0 Å². The highest BCUT2D eigenvalue weighted by molar-refractivity contribution is 4.86. The molecule has 2 unspecified atom stereocenters. The Labute approximate surface area is 81.8 Å². The molecule has 0 heterocycles. The first kappa shape index (κ1) is 12.9. The Hall–Kier alpha value is -0.120.